The summed E-state index contributed by atoms with van der Waals surface area (Å²) in [5.41, 5.74) is 1.06. The Bertz CT molecular complexity index is 842. The highest BCUT2D eigenvalue weighted by molar-refractivity contribution is 6.01. The molecule has 0 unspecified atom stereocenters. The summed E-state index contributed by atoms with van der Waals surface area (Å²) in [7, 11) is 0. The van der Waals surface area contributed by atoms with Crippen molar-refractivity contribution in [2.45, 2.75) is 31.9 Å². The van der Waals surface area contributed by atoms with E-state index in [1.165, 1.54) is 18.2 Å². The monoisotopic (exact) mass is 418 g/mol. The molecule has 0 saturated carbocycles. The molecule has 0 bridgehead atoms. The van der Waals surface area contributed by atoms with E-state index in [-0.39, 0.29) is 5.91 Å². The van der Waals surface area contributed by atoms with Gasteiger partial charge in [-0.1, -0.05) is 18.7 Å². The van der Waals surface area contributed by atoms with Crippen LogP contribution in [0.1, 0.15) is 31.2 Å². The smallest absolute Gasteiger partial charge is 0.381 e. The number of aromatic nitrogens is 1. The molecule has 1 aromatic heterocycles. The van der Waals surface area contributed by atoms with Crippen LogP contribution < -0.4 is 4.90 Å². The summed E-state index contributed by atoms with van der Waals surface area (Å²) in [6.07, 6.45) is 2.48. The minimum Gasteiger partial charge on any atom is -0.381 e. The molecule has 1 saturated heterocycles. The fourth-order valence-corrected chi connectivity index (χ4v) is 3.60. The van der Waals surface area contributed by atoms with Crippen molar-refractivity contribution in [2.75, 3.05) is 24.7 Å². The summed E-state index contributed by atoms with van der Waals surface area (Å²) in [4.78, 5) is 18.3. The molecule has 4 nitrogen and oxygen atoms in total. The molecule has 3 rings (SSSR count). The van der Waals surface area contributed by atoms with Crippen LogP contribution in [0.15, 0.2) is 55.3 Å². The number of carbonyl (C=O) groups excluding carboxylic acids is 1. The Hall–Kier alpha value is -2.67. The van der Waals surface area contributed by atoms with E-state index in [2.05, 4.69) is 11.6 Å². The molecular weight excluding hydrogens is 393 g/mol. The normalized spacial score (nSPS) is 15.0. The molecule has 160 valence electrons. The fourth-order valence-electron chi connectivity index (χ4n) is 3.60. The van der Waals surface area contributed by atoms with Gasteiger partial charge in [-0.2, -0.15) is 13.2 Å². The van der Waals surface area contributed by atoms with Crippen LogP contribution >= 0.6 is 0 Å². The van der Waals surface area contributed by atoms with Crippen LogP contribution in [-0.4, -0.2) is 30.6 Å². The Balaban J connectivity index is 1.67. The zero-order chi connectivity index (χ0) is 21.6. The second-order valence-corrected chi connectivity index (χ2v) is 7.37. The Morgan fingerprint density at radius 3 is 2.43 bits per heavy atom. The number of nitrogens with zero attached hydrogens (tertiary/aromatic N) is 2. The number of hydrogen-bond donors (Lipinski definition) is 0. The molecular formula is C23H25F3N2O2. The number of anilines is 1. The number of hydrogen-bond acceptors (Lipinski definition) is 3. The van der Waals surface area contributed by atoms with E-state index in [1.54, 1.807) is 23.2 Å². The van der Waals surface area contributed by atoms with E-state index in [0.29, 0.717) is 29.4 Å². The lowest BCUT2D eigenvalue weighted by atomic mass is 9.95. The average molecular weight is 418 g/mol. The third-order valence-corrected chi connectivity index (χ3v) is 5.34. The van der Waals surface area contributed by atoms with Gasteiger partial charge in [0.25, 0.3) is 0 Å². The van der Waals surface area contributed by atoms with Crippen molar-refractivity contribution in [3.63, 3.8) is 0 Å². The van der Waals surface area contributed by atoms with Crippen LogP contribution in [0.4, 0.5) is 18.9 Å². The number of ether oxygens (including phenoxy) is 1. The van der Waals surface area contributed by atoms with Gasteiger partial charge >= 0.3 is 6.18 Å². The zero-order valence-electron chi connectivity index (χ0n) is 16.7. The number of rotatable bonds is 7. The predicted octanol–water partition coefficient (Wildman–Crippen LogP) is 5.49. The van der Waals surface area contributed by atoms with Gasteiger partial charge in [-0.3, -0.25) is 9.78 Å². The van der Waals surface area contributed by atoms with Crippen molar-refractivity contribution in [1.29, 1.82) is 0 Å². The van der Waals surface area contributed by atoms with Gasteiger partial charge < -0.3 is 9.64 Å². The minimum atomic E-state index is -4.37. The summed E-state index contributed by atoms with van der Waals surface area (Å²) in [6, 6.07) is 8.33. The van der Waals surface area contributed by atoms with Crippen molar-refractivity contribution in [2.24, 2.45) is 5.92 Å². The molecule has 1 aliphatic rings. The minimum absolute atomic E-state index is 0.203. The number of carbonyl (C=O) groups is 1. The molecule has 0 aliphatic carbocycles. The molecule has 2 aromatic rings. The second-order valence-electron chi connectivity index (χ2n) is 7.37. The molecule has 1 amide bonds. The molecule has 0 N–H and O–H groups in total. The third-order valence-electron chi connectivity index (χ3n) is 5.34. The van der Waals surface area contributed by atoms with Crippen LogP contribution in [0.5, 0.6) is 0 Å². The van der Waals surface area contributed by atoms with Crippen LogP contribution in [0.2, 0.25) is 0 Å². The molecule has 0 spiro atoms. The Morgan fingerprint density at radius 1 is 1.17 bits per heavy atom. The Labute approximate surface area is 174 Å². The van der Waals surface area contributed by atoms with E-state index in [4.69, 9.17) is 4.74 Å². The lowest BCUT2D eigenvalue weighted by molar-refractivity contribution is -0.137. The number of halogens is 3. The van der Waals surface area contributed by atoms with E-state index in [9.17, 15) is 18.0 Å². The number of alkyl halides is 3. The molecule has 2 heterocycles. The zero-order valence-corrected chi connectivity index (χ0v) is 16.7. The maximum Gasteiger partial charge on any atom is 0.416 e. The Kier molecular flexibility index (Phi) is 7.26. The fraction of sp³-hybridized carbons (Fsp3) is 0.391. The Morgan fingerprint density at radius 2 is 1.87 bits per heavy atom. The van der Waals surface area contributed by atoms with Crippen molar-refractivity contribution < 1.29 is 22.7 Å². The van der Waals surface area contributed by atoms with Gasteiger partial charge in [0.15, 0.2) is 0 Å². The summed E-state index contributed by atoms with van der Waals surface area (Å²) < 4.78 is 43.6. The van der Waals surface area contributed by atoms with E-state index in [1.807, 2.05) is 0 Å². The number of benzene rings is 1. The van der Waals surface area contributed by atoms with E-state index >= 15 is 0 Å². The average Bonchev–Trinajstić information content (AvgIpc) is 2.77. The van der Waals surface area contributed by atoms with Gasteiger partial charge in [0.1, 0.15) is 0 Å². The van der Waals surface area contributed by atoms with Gasteiger partial charge in [-0.25, -0.2) is 0 Å². The highest BCUT2D eigenvalue weighted by Gasteiger charge is 2.30. The van der Waals surface area contributed by atoms with Crippen molar-refractivity contribution in [3.05, 3.63) is 60.8 Å². The SMILES string of the molecule is C=CC(=O)N(CCCC1CCOCC1)c1ccc(-c2ccc(C(F)(F)F)cc2)nc1. The number of amides is 1. The summed E-state index contributed by atoms with van der Waals surface area (Å²) in [5.74, 6) is 0.422. The number of pyridine rings is 1. The predicted molar refractivity (Wildman–Crippen MR) is 110 cm³/mol. The quantitative estimate of drug-likeness (QED) is 0.558. The molecule has 1 aromatic carbocycles. The summed E-state index contributed by atoms with van der Waals surface area (Å²) in [5, 5.41) is 0. The lowest BCUT2D eigenvalue weighted by Crippen LogP contribution is -2.30. The summed E-state index contributed by atoms with van der Waals surface area (Å²) in [6.45, 7) is 5.74. The molecule has 1 aliphatic heterocycles. The van der Waals surface area contributed by atoms with Gasteiger partial charge in [0.05, 0.1) is 23.1 Å². The molecule has 0 radical (unpaired) electrons. The first-order valence-electron chi connectivity index (χ1n) is 10.0. The first kappa shape index (κ1) is 22.0. The third kappa shape index (κ3) is 5.69. The van der Waals surface area contributed by atoms with Gasteiger partial charge in [-0.15, -0.1) is 0 Å². The first-order chi connectivity index (χ1) is 14.4. The van der Waals surface area contributed by atoms with Crippen LogP contribution in [0.3, 0.4) is 0 Å². The van der Waals surface area contributed by atoms with Crippen molar-refractivity contribution in [1.82, 2.24) is 4.98 Å². The van der Waals surface area contributed by atoms with Gasteiger partial charge in [-0.05, 0) is 61.9 Å². The van der Waals surface area contributed by atoms with Gasteiger partial charge in [0.2, 0.25) is 5.91 Å². The highest BCUT2D eigenvalue weighted by atomic mass is 19.4. The second kappa shape index (κ2) is 9.89. The maximum absolute atomic E-state index is 12.7. The van der Waals surface area contributed by atoms with E-state index in [0.717, 1.165) is 51.0 Å². The van der Waals surface area contributed by atoms with Crippen LogP contribution in [0.25, 0.3) is 11.3 Å². The first-order valence-corrected chi connectivity index (χ1v) is 10.0. The highest BCUT2D eigenvalue weighted by Crippen LogP contribution is 2.31. The van der Waals surface area contributed by atoms with Crippen molar-refractivity contribution >= 4 is 11.6 Å². The summed E-state index contributed by atoms with van der Waals surface area (Å²) >= 11 is 0. The molecule has 0 atom stereocenters. The van der Waals surface area contributed by atoms with Crippen LogP contribution in [0, 0.1) is 5.92 Å². The maximum atomic E-state index is 12.7. The standard InChI is InChI=1S/C23H25F3N2O2/c1-2-22(29)28(13-3-4-17-11-14-30-15-12-17)20-9-10-21(27-16-20)18-5-7-19(8-6-18)23(24,25)26/h2,5-10,16-17H,1,3-4,11-15H2. The molecule has 7 heteroatoms. The van der Waals surface area contributed by atoms with E-state index < -0.39 is 11.7 Å². The van der Waals surface area contributed by atoms with Crippen LogP contribution in [-0.2, 0) is 15.7 Å². The topological polar surface area (TPSA) is 42.4 Å². The van der Waals surface area contributed by atoms with Gasteiger partial charge in [0, 0.05) is 25.3 Å². The lowest BCUT2D eigenvalue weighted by Gasteiger charge is -2.25. The molecule has 30 heavy (non-hydrogen) atoms. The molecule has 1 fully saturated rings. The largest absolute Gasteiger partial charge is 0.416 e. The van der Waals surface area contributed by atoms with Crippen molar-refractivity contribution in [3.8, 4) is 11.3 Å².